The number of nitrogens with zero attached hydrogens (tertiary/aromatic N) is 1. The zero-order chi connectivity index (χ0) is 12.3. The first-order chi connectivity index (χ1) is 7.47. The number of ether oxygens (including phenoxy) is 1. The number of allylic oxidation sites excluding steroid dienone is 1. The van der Waals surface area contributed by atoms with E-state index in [1.807, 2.05) is 0 Å². The minimum absolute atomic E-state index is 0.0524. The van der Waals surface area contributed by atoms with Crippen molar-refractivity contribution in [3.63, 3.8) is 0 Å². The molecule has 0 saturated carbocycles. The molecule has 0 aromatic heterocycles. The number of ketones is 1. The second-order valence-electron chi connectivity index (χ2n) is 3.82. The van der Waals surface area contributed by atoms with Crippen LogP contribution in [-0.2, 0) is 19.1 Å². The molecule has 16 heavy (non-hydrogen) atoms. The molecule has 0 saturated heterocycles. The number of esters is 1. The second kappa shape index (κ2) is 4.92. The number of carbonyl (C=O) groups excluding carboxylic acids is 3. The molecule has 1 aliphatic rings. The van der Waals surface area contributed by atoms with E-state index in [9.17, 15) is 14.4 Å². The van der Waals surface area contributed by atoms with Crippen molar-refractivity contribution in [2.24, 2.45) is 11.8 Å². The lowest BCUT2D eigenvalue weighted by Crippen LogP contribution is -2.41. The molecular weight excluding hydrogens is 210 g/mol. The van der Waals surface area contributed by atoms with E-state index in [1.54, 1.807) is 19.3 Å². The van der Waals surface area contributed by atoms with Gasteiger partial charge >= 0.3 is 5.97 Å². The van der Waals surface area contributed by atoms with Gasteiger partial charge in [-0.15, -0.1) is 0 Å². The van der Waals surface area contributed by atoms with Crippen LogP contribution in [0.15, 0.2) is 12.3 Å². The lowest BCUT2D eigenvalue weighted by molar-refractivity contribution is -0.144. The first-order valence-corrected chi connectivity index (χ1v) is 4.99. The molecule has 5 heteroatoms. The molecule has 0 aliphatic carbocycles. The van der Waals surface area contributed by atoms with Crippen LogP contribution in [0.25, 0.3) is 0 Å². The first kappa shape index (κ1) is 12.4. The van der Waals surface area contributed by atoms with E-state index in [0.29, 0.717) is 0 Å². The van der Waals surface area contributed by atoms with Crippen molar-refractivity contribution in [3.05, 3.63) is 12.3 Å². The van der Waals surface area contributed by atoms with Crippen LogP contribution in [0.2, 0.25) is 0 Å². The Bertz CT molecular complexity index is 348. The van der Waals surface area contributed by atoms with Crippen molar-refractivity contribution in [2.45, 2.75) is 13.3 Å². The second-order valence-corrected chi connectivity index (χ2v) is 3.82. The molecule has 88 valence electrons. The van der Waals surface area contributed by atoms with Crippen LogP contribution in [0.3, 0.4) is 0 Å². The van der Waals surface area contributed by atoms with Gasteiger partial charge < -0.3 is 9.64 Å². The zero-order valence-electron chi connectivity index (χ0n) is 9.60. The summed E-state index contributed by atoms with van der Waals surface area (Å²) < 4.78 is 4.53. The van der Waals surface area contributed by atoms with Gasteiger partial charge in [0.05, 0.1) is 13.5 Å². The predicted octanol–water partition coefficient (Wildman–Crippen LogP) is 0.357. The maximum absolute atomic E-state index is 11.7. The van der Waals surface area contributed by atoms with Crippen molar-refractivity contribution < 1.29 is 19.1 Å². The van der Waals surface area contributed by atoms with Gasteiger partial charge in [-0.1, -0.05) is 6.08 Å². The van der Waals surface area contributed by atoms with Crippen LogP contribution in [0.5, 0.6) is 0 Å². The molecule has 0 spiro atoms. The molecule has 1 aliphatic heterocycles. The Morgan fingerprint density at radius 3 is 2.62 bits per heavy atom. The average molecular weight is 225 g/mol. The molecule has 0 radical (unpaired) electrons. The highest BCUT2D eigenvalue weighted by atomic mass is 16.5. The number of hydrogen-bond acceptors (Lipinski definition) is 4. The van der Waals surface area contributed by atoms with Gasteiger partial charge in [0.1, 0.15) is 11.7 Å². The van der Waals surface area contributed by atoms with Gasteiger partial charge in [0.15, 0.2) is 0 Å². The summed E-state index contributed by atoms with van der Waals surface area (Å²) in [7, 11) is 2.87. The van der Waals surface area contributed by atoms with Crippen LogP contribution >= 0.6 is 0 Å². The van der Waals surface area contributed by atoms with Crippen molar-refractivity contribution in [3.8, 4) is 0 Å². The van der Waals surface area contributed by atoms with Crippen LogP contribution in [-0.4, -0.2) is 36.7 Å². The average Bonchev–Trinajstić information content (AvgIpc) is 2.23. The highest BCUT2D eigenvalue weighted by Crippen LogP contribution is 2.25. The molecule has 0 fully saturated rings. The predicted molar refractivity (Wildman–Crippen MR) is 56.2 cm³/mol. The standard InChI is InChI=1S/C11H15NO4/c1-7(13)10-8(6-9(14)16-3)4-5-12(2)11(10)15/h4-5,8,10H,6H2,1-3H3/t8-,10-/m1/s1. The highest BCUT2D eigenvalue weighted by Gasteiger charge is 2.36. The Kier molecular flexibility index (Phi) is 3.82. The Hall–Kier alpha value is -1.65. The number of amides is 1. The first-order valence-electron chi connectivity index (χ1n) is 4.99. The maximum atomic E-state index is 11.7. The van der Waals surface area contributed by atoms with Gasteiger partial charge in [-0.25, -0.2) is 0 Å². The minimum atomic E-state index is -0.769. The fraction of sp³-hybridized carbons (Fsp3) is 0.545. The minimum Gasteiger partial charge on any atom is -0.469 e. The molecule has 0 unspecified atom stereocenters. The third-order valence-corrected chi connectivity index (χ3v) is 2.67. The molecule has 0 bridgehead atoms. The van der Waals surface area contributed by atoms with Gasteiger partial charge in [-0.2, -0.15) is 0 Å². The van der Waals surface area contributed by atoms with Crippen LogP contribution in [0.4, 0.5) is 0 Å². The summed E-state index contributed by atoms with van der Waals surface area (Å²) in [5.41, 5.74) is 0. The zero-order valence-corrected chi connectivity index (χ0v) is 9.60. The molecular formula is C11H15NO4. The van der Waals surface area contributed by atoms with Crippen molar-refractivity contribution in [1.82, 2.24) is 4.90 Å². The smallest absolute Gasteiger partial charge is 0.306 e. The lowest BCUT2D eigenvalue weighted by Gasteiger charge is -2.28. The van der Waals surface area contributed by atoms with Gasteiger partial charge in [0, 0.05) is 19.2 Å². The molecule has 2 atom stereocenters. The van der Waals surface area contributed by atoms with Gasteiger partial charge in [-0.05, 0) is 6.92 Å². The Labute approximate surface area is 94.1 Å². The van der Waals surface area contributed by atoms with Crippen LogP contribution in [0.1, 0.15) is 13.3 Å². The van der Waals surface area contributed by atoms with E-state index in [1.165, 1.54) is 18.9 Å². The molecule has 0 aromatic carbocycles. The van der Waals surface area contributed by atoms with E-state index >= 15 is 0 Å². The van der Waals surface area contributed by atoms with E-state index in [-0.39, 0.29) is 18.1 Å². The summed E-state index contributed by atoms with van der Waals surface area (Å²) in [6, 6.07) is 0. The SMILES string of the molecule is COC(=O)C[C@H]1C=CN(C)C(=O)[C@@H]1C(C)=O. The molecule has 1 amide bonds. The monoisotopic (exact) mass is 225 g/mol. The fourth-order valence-electron chi connectivity index (χ4n) is 1.76. The lowest BCUT2D eigenvalue weighted by atomic mass is 9.83. The molecule has 0 N–H and O–H groups in total. The van der Waals surface area contributed by atoms with Gasteiger partial charge in [0.2, 0.25) is 5.91 Å². The summed E-state index contributed by atoms with van der Waals surface area (Å²) in [5.74, 6) is -2.08. The largest absolute Gasteiger partial charge is 0.469 e. The number of hydrogen-bond donors (Lipinski definition) is 0. The third-order valence-electron chi connectivity index (χ3n) is 2.67. The maximum Gasteiger partial charge on any atom is 0.306 e. The van der Waals surface area contributed by atoms with E-state index < -0.39 is 17.8 Å². The number of methoxy groups -OCH3 is 1. The van der Waals surface area contributed by atoms with Crippen molar-refractivity contribution in [1.29, 1.82) is 0 Å². The summed E-state index contributed by atoms with van der Waals surface area (Å²) in [6.45, 7) is 1.36. The molecule has 5 nitrogen and oxygen atoms in total. The molecule has 0 aromatic rings. The van der Waals surface area contributed by atoms with Crippen LogP contribution < -0.4 is 0 Å². The quantitative estimate of drug-likeness (QED) is 0.514. The van der Waals surface area contributed by atoms with Gasteiger partial charge in [-0.3, -0.25) is 14.4 Å². The van der Waals surface area contributed by atoms with Crippen LogP contribution in [0, 0.1) is 11.8 Å². The van der Waals surface area contributed by atoms with E-state index in [2.05, 4.69) is 4.74 Å². The summed E-state index contributed by atoms with van der Waals surface area (Å²) >= 11 is 0. The van der Waals surface area contributed by atoms with Gasteiger partial charge in [0.25, 0.3) is 0 Å². The Morgan fingerprint density at radius 1 is 1.50 bits per heavy atom. The summed E-state index contributed by atoms with van der Waals surface area (Å²) in [5, 5.41) is 0. The molecule has 1 heterocycles. The number of rotatable bonds is 3. The topological polar surface area (TPSA) is 63.7 Å². The molecule has 1 rings (SSSR count). The third kappa shape index (κ3) is 2.48. The number of carbonyl (C=O) groups is 3. The fourth-order valence-corrected chi connectivity index (χ4v) is 1.76. The Morgan fingerprint density at radius 2 is 2.12 bits per heavy atom. The normalized spacial score (nSPS) is 24.4. The van der Waals surface area contributed by atoms with Crippen molar-refractivity contribution >= 4 is 17.7 Å². The van der Waals surface area contributed by atoms with E-state index in [0.717, 1.165) is 0 Å². The van der Waals surface area contributed by atoms with E-state index in [4.69, 9.17) is 0 Å². The highest BCUT2D eigenvalue weighted by molar-refractivity contribution is 6.02. The number of Topliss-reactive ketones (excluding diaryl/α,β-unsaturated/α-hetero) is 1. The summed E-state index contributed by atoms with van der Waals surface area (Å²) in [4.78, 5) is 35.7. The Balaban J connectivity index is 2.89. The summed E-state index contributed by atoms with van der Waals surface area (Å²) in [6.07, 6.45) is 3.33. The van der Waals surface area contributed by atoms with Crippen molar-refractivity contribution in [2.75, 3.05) is 14.2 Å².